The van der Waals surface area contributed by atoms with E-state index in [1.807, 2.05) is 60.7 Å². The van der Waals surface area contributed by atoms with E-state index in [0.29, 0.717) is 18.1 Å². The summed E-state index contributed by atoms with van der Waals surface area (Å²) < 4.78 is 11.3. The molecule has 1 amide bonds. The van der Waals surface area contributed by atoms with Gasteiger partial charge in [-0.15, -0.1) is 0 Å². The number of phenols is 1. The van der Waals surface area contributed by atoms with Crippen LogP contribution in [0.5, 0.6) is 17.2 Å². The second-order valence-electron chi connectivity index (χ2n) is 7.10. The van der Waals surface area contributed by atoms with E-state index in [4.69, 9.17) is 9.47 Å². The topological polar surface area (TPSA) is 80.2 Å². The molecule has 0 bridgehead atoms. The summed E-state index contributed by atoms with van der Waals surface area (Å²) in [6, 6.07) is 25.9. The zero-order chi connectivity index (χ0) is 22.3. The molecular formula is C26H22N2O4. The molecule has 4 aromatic carbocycles. The largest absolute Gasteiger partial charge is 0.507 e. The Morgan fingerprint density at radius 3 is 2.41 bits per heavy atom. The molecule has 0 aliphatic rings. The number of aromatic hydroxyl groups is 1. The van der Waals surface area contributed by atoms with Gasteiger partial charge in [-0.1, -0.05) is 54.6 Å². The number of carbonyl (C=O) groups excluding carboxylic acids is 1. The normalized spacial score (nSPS) is 10.9. The molecule has 160 valence electrons. The number of carbonyl (C=O) groups is 1. The van der Waals surface area contributed by atoms with Crippen LogP contribution in [0.3, 0.4) is 0 Å². The Morgan fingerprint density at radius 2 is 1.66 bits per heavy atom. The van der Waals surface area contributed by atoms with Crippen LogP contribution in [0.4, 0.5) is 0 Å². The predicted octanol–water partition coefficient (Wildman–Crippen LogP) is 4.90. The summed E-state index contributed by atoms with van der Waals surface area (Å²) in [7, 11) is 1.57. The maximum absolute atomic E-state index is 12.5. The van der Waals surface area contributed by atoms with E-state index in [9.17, 15) is 9.90 Å². The van der Waals surface area contributed by atoms with Gasteiger partial charge in [0.05, 0.1) is 18.9 Å². The maximum Gasteiger partial charge on any atom is 0.275 e. The van der Waals surface area contributed by atoms with E-state index in [-0.39, 0.29) is 11.3 Å². The first-order valence-corrected chi connectivity index (χ1v) is 10.0. The van der Waals surface area contributed by atoms with Gasteiger partial charge in [-0.3, -0.25) is 4.79 Å². The lowest BCUT2D eigenvalue weighted by atomic mass is 10.1. The highest BCUT2D eigenvalue weighted by atomic mass is 16.5. The van der Waals surface area contributed by atoms with Crippen LogP contribution >= 0.6 is 0 Å². The van der Waals surface area contributed by atoms with Gasteiger partial charge < -0.3 is 14.6 Å². The van der Waals surface area contributed by atoms with Crippen molar-refractivity contribution in [3.8, 4) is 17.2 Å². The van der Waals surface area contributed by atoms with Crippen LogP contribution in [0.15, 0.2) is 90.0 Å². The van der Waals surface area contributed by atoms with Crippen LogP contribution in [-0.2, 0) is 6.61 Å². The van der Waals surface area contributed by atoms with Crippen LogP contribution < -0.4 is 14.9 Å². The highest BCUT2D eigenvalue weighted by molar-refractivity contribution is 6.01. The number of hydrogen-bond donors (Lipinski definition) is 2. The van der Waals surface area contributed by atoms with Gasteiger partial charge in [0.2, 0.25) is 0 Å². The standard InChI is InChI=1S/C26H22N2O4/c1-31-25-13-19(11-12-24(25)32-17-18-7-3-2-4-8-18)16-27-28-26(30)22-14-20-9-5-6-10-21(20)15-23(22)29/h2-16,29H,17H2,1H3,(H,28,30)/b27-16-. The van der Waals surface area contributed by atoms with E-state index in [1.54, 1.807) is 31.4 Å². The Bertz CT molecular complexity index is 1270. The Kier molecular flexibility index (Phi) is 6.32. The summed E-state index contributed by atoms with van der Waals surface area (Å²) in [5.41, 5.74) is 4.38. The van der Waals surface area contributed by atoms with Crippen molar-refractivity contribution < 1.29 is 19.4 Å². The molecule has 6 nitrogen and oxygen atoms in total. The molecule has 32 heavy (non-hydrogen) atoms. The average Bonchev–Trinajstić information content (AvgIpc) is 2.83. The summed E-state index contributed by atoms with van der Waals surface area (Å²) in [6.07, 6.45) is 1.50. The molecule has 0 saturated heterocycles. The molecule has 0 aliphatic heterocycles. The number of methoxy groups -OCH3 is 1. The summed E-state index contributed by atoms with van der Waals surface area (Å²) >= 11 is 0. The molecular weight excluding hydrogens is 404 g/mol. The summed E-state index contributed by atoms with van der Waals surface area (Å²) in [6.45, 7) is 0.427. The quantitative estimate of drug-likeness (QED) is 0.325. The van der Waals surface area contributed by atoms with Gasteiger partial charge in [0, 0.05) is 0 Å². The van der Waals surface area contributed by atoms with Gasteiger partial charge >= 0.3 is 0 Å². The van der Waals surface area contributed by atoms with Crippen molar-refractivity contribution in [1.29, 1.82) is 0 Å². The van der Waals surface area contributed by atoms with Crippen molar-refractivity contribution in [2.45, 2.75) is 6.61 Å². The minimum Gasteiger partial charge on any atom is -0.507 e. The number of fused-ring (bicyclic) bond motifs is 1. The van der Waals surface area contributed by atoms with Crippen molar-refractivity contribution in [3.05, 3.63) is 102 Å². The van der Waals surface area contributed by atoms with Crippen molar-refractivity contribution in [2.75, 3.05) is 7.11 Å². The van der Waals surface area contributed by atoms with Gasteiger partial charge in [0.25, 0.3) is 5.91 Å². The first kappa shape index (κ1) is 20.9. The smallest absolute Gasteiger partial charge is 0.275 e. The van der Waals surface area contributed by atoms with Crippen LogP contribution in [0.2, 0.25) is 0 Å². The molecule has 4 rings (SSSR count). The fourth-order valence-corrected chi connectivity index (χ4v) is 3.25. The molecule has 6 heteroatoms. The van der Waals surface area contributed by atoms with Crippen LogP contribution in [0.1, 0.15) is 21.5 Å². The Labute approximate surface area is 185 Å². The van der Waals surface area contributed by atoms with E-state index < -0.39 is 5.91 Å². The van der Waals surface area contributed by atoms with Crippen molar-refractivity contribution in [3.63, 3.8) is 0 Å². The molecule has 0 fully saturated rings. The van der Waals surface area contributed by atoms with Gasteiger partial charge in [-0.05, 0) is 52.2 Å². The third-order valence-electron chi connectivity index (χ3n) is 4.91. The number of nitrogens with zero attached hydrogens (tertiary/aromatic N) is 1. The first-order valence-electron chi connectivity index (χ1n) is 10.0. The van der Waals surface area contributed by atoms with Crippen LogP contribution in [-0.4, -0.2) is 24.3 Å². The third kappa shape index (κ3) is 4.87. The van der Waals surface area contributed by atoms with Crippen molar-refractivity contribution in [1.82, 2.24) is 5.43 Å². The maximum atomic E-state index is 12.5. The second-order valence-corrected chi connectivity index (χ2v) is 7.10. The van der Waals surface area contributed by atoms with E-state index in [1.165, 1.54) is 6.21 Å². The number of phenolic OH excluding ortho intramolecular Hbond substituents is 1. The number of rotatable bonds is 7. The van der Waals surface area contributed by atoms with E-state index in [2.05, 4.69) is 10.5 Å². The highest BCUT2D eigenvalue weighted by Gasteiger charge is 2.12. The molecule has 0 aliphatic carbocycles. The van der Waals surface area contributed by atoms with Gasteiger partial charge in [-0.25, -0.2) is 5.43 Å². The Balaban J connectivity index is 1.43. The number of ether oxygens (including phenoxy) is 2. The fourth-order valence-electron chi connectivity index (χ4n) is 3.25. The van der Waals surface area contributed by atoms with Gasteiger partial charge in [0.15, 0.2) is 11.5 Å². The molecule has 4 aromatic rings. The number of hydrogen-bond acceptors (Lipinski definition) is 5. The van der Waals surface area contributed by atoms with Crippen LogP contribution in [0.25, 0.3) is 10.8 Å². The Hall–Kier alpha value is -4.32. The molecule has 0 aromatic heterocycles. The van der Waals surface area contributed by atoms with Gasteiger partial charge in [-0.2, -0.15) is 5.10 Å². The van der Waals surface area contributed by atoms with Crippen molar-refractivity contribution >= 4 is 22.9 Å². The lowest BCUT2D eigenvalue weighted by Crippen LogP contribution is -2.17. The Morgan fingerprint density at radius 1 is 0.938 bits per heavy atom. The molecule has 2 N–H and O–H groups in total. The summed E-state index contributed by atoms with van der Waals surface area (Å²) in [5, 5.41) is 15.9. The minimum absolute atomic E-state index is 0.0991. The number of hydrazone groups is 1. The number of amides is 1. The summed E-state index contributed by atoms with van der Waals surface area (Å²) in [4.78, 5) is 12.5. The van der Waals surface area contributed by atoms with E-state index in [0.717, 1.165) is 21.9 Å². The second kappa shape index (κ2) is 9.66. The fraction of sp³-hybridized carbons (Fsp3) is 0.0769. The molecule has 0 heterocycles. The lowest BCUT2D eigenvalue weighted by molar-refractivity contribution is 0.0952. The predicted molar refractivity (Wildman–Crippen MR) is 124 cm³/mol. The van der Waals surface area contributed by atoms with Crippen molar-refractivity contribution in [2.24, 2.45) is 5.10 Å². The highest BCUT2D eigenvalue weighted by Crippen LogP contribution is 2.28. The molecule has 0 atom stereocenters. The zero-order valence-corrected chi connectivity index (χ0v) is 17.5. The molecule has 0 radical (unpaired) electrons. The lowest BCUT2D eigenvalue weighted by Gasteiger charge is -2.11. The zero-order valence-electron chi connectivity index (χ0n) is 17.5. The van der Waals surface area contributed by atoms with E-state index >= 15 is 0 Å². The van der Waals surface area contributed by atoms with Gasteiger partial charge in [0.1, 0.15) is 12.4 Å². The molecule has 0 spiro atoms. The third-order valence-corrected chi connectivity index (χ3v) is 4.91. The number of benzene rings is 4. The number of nitrogens with one attached hydrogen (secondary N) is 1. The van der Waals surface area contributed by atoms with Crippen LogP contribution in [0, 0.1) is 0 Å². The summed E-state index contributed by atoms with van der Waals surface area (Å²) in [5.74, 6) is 0.569. The minimum atomic E-state index is -0.501. The SMILES string of the molecule is COc1cc(/C=N\NC(=O)c2cc3ccccc3cc2O)ccc1OCc1ccccc1. The average molecular weight is 426 g/mol. The first-order chi connectivity index (χ1) is 15.6. The molecule has 0 unspecified atom stereocenters. The monoisotopic (exact) mass is 426 g/mol. The molecule has 0 saturated carbocycles.